The van der Waals surface area contributed by atoms with Gasteiger partial charge in [-0.3, -0.25) is 0 Å². The first kappa shape index (κ1) is 15.5. The lowest BCUT2D eigenvalue weighted by Crippen LogP contribution is -2.30. The Morgan fingerprint density at radius 3 is 2.45 bits per heavy atom. The number of unbranched alkanes of at least 4 members (excludes halogenated alkanes) is 3. The molecule has 0 saturated carbocycles. The second-order valence-corrected chi connectivity index (χ2v) is 5.66. The predicted octanol–water partition coefficient (Wildman–Crippen LogP) is 4.06. The fourth-order valence-corrected chi connectivity index (χ4v) is 2.68. The molecule has 111 valence electrons. The van der Waals surface area contributed by atoms with Crippen LogP contribution in [0.3, 0.4) is 0 Å². The summed E-state index contributed by atoms with van der Waals surface area (Å²) in [5, 5.41) is 0. The van der Waals surface area contributed by atoms with Crippen molar-refractivity contribution >= 4 is 0 Å². The van der Waals surface area contributed by atoms with E-state index in [2.05, 4.69) is 35.6 Å². The first-order valence-electron chi connectivity index (χ1n) is 8.11. The molecule has 1 saturated heterocycles. The van der Waals surface area contributed by atoms with Gasteiger partial charge in [-0.15, -0.1) is 0 Å². The number of rotatable bonds is 9. The average molecular weight is 274 g/mol. The highest BCUT2D eigenvalue weighted by Gasteiger charge is 2.08. The second kappa shape index (κ2) is 9.95. The van der Waals surface area contributed by atoms with Crippen LogP contribution in [-0.2, 0) is 11.3 Å². The number of nitrogens with zero attached hydrogens (tertiary/aromatic N) is 1. The van der Waals surface area contributed by atoms with Crippen molar-refractivity contribution in [1.29, 1.82) is 0 Å². The van der Waals surface area contributed by atoms with Crippen molar-refractivity contribution in [3.63, 3.8) is 0 Å². The minimum absolute atomic E-state index is 0.755. The number of hydrogen-bond donors (Lipinski definition) is 0. The van der Waals surface area contributed by atoms with Gasteiger partial charge in [0.2, 0.25) is 0 Å². The quantitative estimate of drug-likeness (QED) is 0.630. The van der Waals surface area contributed by atoms with Crippen LogP contribution in [0.2, 0.25) is 0 Å². The van der Waals surface area contributed by atoms with E-state index in [0.29, 0.717) is 0 Å². The van der Waals surface area contributed by atoms with Crippen LogP contribution in [0, 0.1) is 6.42 Å². The molecule has 2 rings (SSSR count). The van der Waals surface area contributed by atoms with Gasteiger partial charge in [-0.2, -0.15) is 0 Å². The van der Waals surface area contributed by atoms with Crippen molar-refractivity contribution in [1.82, 2.24) is 4.90 Å². The molecule has 0 aliphatic carbocycles. The lowest BCUT2D eigenvalue weighted by Gasteiger charge is -2.26. The fraction of sp³-hybridized carbons (Fsp3) is 0.611. The molecular weight excluding hydrogens is 246 g/mol. The van der Waals surface area contributed by atoms with E-state index in [0.717, 1.165) is 13.2 Å². The largest absolute Gasteiger partial charge is 0.377 e. The summed E-state index contributed by atoms with van der Waals surface area (Å²) >= 11 is 0. The van der Waals surface area contributed by atoms with Gasteiger partial charge >= 0.3 is 0 Å². The number of hydrogen-bond acceptors (Lipinski definition) is 2. The van der Waals surface area contributed by atoms with Gasteiger partial charge in [-0.05, 0) is 57.3 Å². The van der Waals surface area contributed by atoms with Crippen LogP contribution < -0.4 is 0 Å². The molecule has 0 N–H and O–H groups in total. The zero-order chi connectivity index (χ0) is 13.9. The summed E-state index contributed by atoms with van der Waals surface area (Å²) in [6, 6.07) is 10.4. The van der Waals surface area contributed by atoms with Crippen molar-refractivity contribution in [3.8, 4) is 0 Å². The summed E-state index contributed by atoms with van der Waals surface area (Å²) < 4.78 is 5.70. The minimum Gasteiger partial charge on any atom is -0.377 e. The highest BCUT2D eigenvalue weighted by Crippen LogP contribution is 2.10. The molecule has 2 heteroatoms. The third-order valence-corrected chi connectivity index (χ3v) is 3.92. The van der Waals surface area contributed by atoms with E-state index in [-0.39, 0.29) is 0 Å². The highest BCUT2D eigenvalue weighted by molar-refractivity contribution is 5.13. The summed E-state index contributed by atoms with van der Waals surface area (Å²) in [6.45, 7) is 5.50. The van der Waals surface area contributed by atoms with Crippen LogP contribution in [0.4, 0.5) is 0 Å². The molecule has 20 heavy (non-hydrogen) atoms. The number of benzene rings is 1. The standard InChI is InChI=1S/C18H28NO/c1(7-13-19-14-8-4-9-15-19)2-10-16-20-17-18-11-5-3-6-12-18/h3-6,11-12H,1-2,7-10,13-17H2. The first-order valence-corrected chi connectivity index (χ1v) is 8.11. The SMILES string of the molecule is [CH]1CCN(CCCCCCOCc2ccccc2)CC1. The van der Waals surface area contributed by atoms with E-state index < -0.39 is 0 Å². The molecule has 1 aliphatic heterocycles. The van der Waals surface area contributed by atoms with Gasteiger partial charge in [-0.25, -0.2) is 0 Å². The lowest BCUT2D eigenvalue weighted by atomic mass is 10.1. The van der Waals surface area contributed by atoms with Crippen molar-refractivity contribution in [2.24, 2.45) is 0 Å². The van der Waals surface area contributed by atoms with Crippen molar-refractivity contribution < 1.29 is 4.74 Å². The van der Waals surface area contributed by atoms with Crippen LogP contribution in [0.5, 0.6) is 0 Å². The van der Waals surface area contributed by atoms with Gasteiger partial charge in [0.1, 0.15) is 0 Å². The van der Waals surface area contributed by atoms with Gasteiger partial charge in [0, 0.05) is 6.61 Å². The van der Waals surface area contributed by atoms with Crippen molar-refractivity contribution in [2.75, 3.05) is 26.2 Å². The third kappa shape index (κ3) is 6.53. The maximum atomic E-state index is 5.70. The molecule has 1 aromatic rings. The smallest absolute Gasteiger partial charge is 0.0716 e. The number of likely N-dealkylation sites (tertiary alicyclic amines) is 1. The highest BCUT2D eigenvalue weighted by atomic mass is 16.5. The molecule has 1 heterocycles. The molecule has 0 atom stereocenters. The molecule has 0 spiro atoms. The Morgan fingerprint density at radius 1 is 0.900 bits per heavy atom. The van der Waals surface area contributed by atoms with Crippen LogP contribution in [-0.4, -0.2) is 31.1 Å². The zero-order valence-corrected chi connectivity index (χ0v) is 12.6. The Hall–Kier alpha value is -0.860. The Bertz CT molecular complexity index is 333. The number of piperidine rings is 1. The summed E-state index contributed by atoms with van der Waals surface area (Å²) in [7, 11) is 0. The third-order valence-electron chi connectivity index (χ3n) is 3.92. The van der Waals surface area contributed by atoms with E-state index in [1.165, 1.54) is 63.7 Å². The van der Waals surface area contributed by atoms with Gasteiger partial charge in [-0.1, -0.05) is 43.2 Å². The van der Waals surface area contributed by atoms with E-state index >= 15 is 0 Å². The van der Waals surface area contributed by atoms with Crippen molar-refractivity contribution in [2.45, 2.75) is 45.1 Å². The van der Waals surface area contributed by atoms with Gasteiger partial charge in [0.15, 0.2) is 0 Å². The number of ether oxygens (including phenoxy) is 1. The van der Waals surface area contributed by atoms with Crippen molar-refractivity contribution in [3.05, 3.63) is 42.3 Å². The molecule has 1 aromatic carbocycles. The fourth-order valence-electron chi connectivity index (χ4n) is 2.68. The van der Waals surface area contributed by atoms with E-state index in [1.54, 1.807) is 0 Å². The Labute approximate surface area is 124 Å². The van der Waals surface area contributed by atoms with E-state index in [1.807, 2.05) is 6.07 Å². The summed E-state index contributed by atoms with van der Waals surface area (Å²) in [5.74, 6) is 0. The van der Waals surface area contributed by atoms with E-state index in [9.17, 15) is 0 Å². The lowest BCUT2D eigenvalue weighted by molar-refractivity contribution is 0.116. The molecule has 0 unspecified atom stereocenters. The second-order valence-electron chi connectivity index (χ2n) is 5.66. The summed E-state index contributed by atoms with van der Waals surface area (Å²) in [5.41, 5.74) is 1.27. The zero-order valence-electron chi connectivity index (χ0n) is 12.6. The molecule has 2 nitrogen and oxygen atoms in total. The molecule has 1 fully saturated rings. The molecule has 1 radical (unpaired) electrons. The maximum Gasteiger partial charge on any atom is 0.0716 e. The van der Waals surface area contributed by atoms with E-state index in [4.69, 9.17) is 4.74 Å². The average Bonchev–Trinajstić information content (AvgIpc) is 2.52. The topological polar surface area (TPSA) is 12.5 Å². The van der Waals surface area contributed by atoms with Gasteiger partial charge in [0.05, 0.1) is 6.61 Å². The molecular formula is C18H28NO. The van der Waals surface area contributed by atoms with Crippen LogP contribution >= 0.6 is 0 Å². The van der Waals surface area contributed by atoms with Gasteiger partial charge < -0.3 is 9.64 Å². The Morgan fingerprint density at radius 2 is 1.65 bits per heavy atom. The predicted molar refractivity (Wildman–Crippen MR) is 84.5 cm³/mol. The monoisotopic (exact) mass is 274 g/mol. The molecule has 0 aromatic heterocycles. The van der Waals surface area contributed by atoms with Crippen LogP contribution in [0.15, 0.2) is 30.3 Å². The molecule has 0 amide bonds. The van der Waals surface area contributed by atoms with Crippen LogP contribution in [0.25, 0.3) is 0 Å². The first-order chi connectivity index (χ1) is 9.95. The summed E-state index contributed by atoms with van der Waals surface area (Å²) in [4.78, 5) is 2.60. The Balaban J connectivity index is 1.38. The van der Waals surface area contributed by atoms with Gasteiger partial charge in [0.25, 0.3) is 0 Å². The Kier molecular flexibility index (Phi) is 7.73. The molecule has 0 bridgehead atoms. The molecule has 1 aliphatic rings. The summed E-state index contributed by atoms with van der Waals surface area (Å²) in [6.07, 6.45) is 10.2. The maximum absolute atomic E-state index is 5.70. The van der Waals surface area contributed by atoms with Crippen LogP contribution in [0.1, 0.15) is 44.1 Å². The minimum atomic E-state index is 0.755. The normalized spacial score (nSPS) is 16.4.